The van der Waals surface area contributed by atoms with Crippen LogP contribution >= 0.6 is 12.4 Å². The fourth-order valence-corrected chi connectivity index (χ4v) is 1.41. The molecule has 0 N–H and O–H groups in total. The van der Waals surface area contributed by atoms with E-state index in [9.17, 15) is 0 Å². The van der Waals surface area contributed by atoms with Gasteiger partial charge >= 0.3 is 21.7 Å². The van der Waals surface area contributed by atoms with Crippen LogP contribution in [0.25, 0.3) is 0 Å². The third-order valence-electron chi connectivity index (χ3n) is 2.56. The fourth-order valence-electron chi connectivity index (χ4n) is 1.41. The summed E-state index contributed by atoms with van der Waals surface area (Å²) in [6.07, 6.45) is 3.44. The number of rotatable bonds is 0. The molecule has 0 unspecified atom stereocenters. The first-order valence-corrected chi connectivity index (χ1v) is 3.75. The maximum Gasteiger partial charge on any atom is 3.00 e. The van der Waals surface area contributed by atoms with Crippen molar-refractivity contribution in [1.29, 1.82) is 0 Å². The van der Waals surface area contributed by atoms with Crippen LogP contribution in [0.5, 0.6) is 0 Å². The van der Waals surface area contributed by atoms with Gasteiger partial charge in [-0.3, -0.25) is 6.08 Å². The van der Waals surface area contributed by atoms with E-state index in [0.717, 1.165) is 0 Å². The Morgan fingerprint density at radius 3 is 1.43 bits per heavy atom. The minimum Gasteiger partial charge on any atom is -0.358 e. The van der Waals surface area contributed by atoms with Crippen molar-refractivity contribution >= 4 is 12.4 Å². The van der Waals surface area contributed by atoms with Crippen molar-refractivity contribution in [3.8, 4) is 0 Å². The summed E-state index contributed by atoms with van der Waals surface area (Å²) in [7, 11) is 0. The summed E-state index contributed by atoms with van der Waals surface area (Å²) in [6.45, 7) is 10.9. The van der Waals surface area contributed by atoms with Crippen LogP contribution in [-0.2, 0) is 21.7 Å². The number of halogens is 1. The third-order valence-corrected chi connectivity index (χ3v) is 2.56. The zero-order valence-electron chi connectivity index (χ0n) is 10.4. The Morgan fingerprint density at radius 2 is 1.36 bits per heavy atom. The summed E-state index contributed by atoms with van der Waals surface area (Å²) in [4.78, 5) is 0. The summed E-state index contributed by atoms with van der Waals surface area (Å²) in [5, 5.41) is 0. The number of hydrogen-bond donors (Lipinski definition) is 0. The smallest absolute Gasteiger partial charge is 0.358 e. The van der Waals surface area contributed by atoms with Gasteiger partial charge in [-0.05, 0) is 0 Å². The zero-order valence-corrected chi connectivity index (χ0v) is 12.8. The average molecular weight is 250 g/mol. The number of hydrogen-bond acceptors (Lipinski definition) is 0. The van der Waals surface area contributed by atoms with Gasteiger partial charge in [0, 0.05) is 0 Å². The first-order chi connectivity index (χ1) is 4.45. The fraction of sp³-hybridized carbons (Fsp3) is 0.500. The molecular formula is C12H22ClTi. The monoisotopic (exact) mass is 249 g/mol. The van der Waals surface area contributed by atoms with Crippen molar-refractivity contribution in [3.05, 3.63) is 37.6 Å². The summed E-state index contributed by atoms with van der Waals surface area (Å²) in [5.74, 6) is 0. The van der Waals surface area contributed by atoms with Gasteiger partial charge in [0.25, 0.3) is 0 Å². The van der Waals surface area contributed by atoms with Crippen molar-refractivity contribution in [2.24, 2.45) is 5.41 Å². The Balaban J connectivity index is -0.000000125. The van der Waals surface area contributed by atoms with Crippen LogP contribution in [0.15, 0.2) is 16.7 Å². The molecule has 0 aromatic heterocycles. The van der Waals surface area contributed by atoms with Crippen LogP contribution in [0, 0.1) is 26.3 Å². The third kappa shape index (κ3) is 4.34. The SMILES string of the molecule is CC1=[C-]C(C)(C)C(C)=C1C.Cl.[CH3-].[CH3-].[Ti+3]. The molecule has 0 nitrogen and oxygen atoms in total. The molecule has 0 aromatic rings. The molecule has 0 heterocycles. The molecule has 0 saturated heterocycles. The predicted octanol–water partition coefficient (Wildman–Crippen LogP) is 4.43. The molecule has 0 atom stereocenters. The molecule has 0 bridgehead atoms. The van der Waals surface area contributed by atoms with Crippen LogP contribution < -0.4 is 0 Å². The van der Waals surface area contributed by atoms with Gasteiger partial charge in [0.1, 0.15) is 0 Å². The normalized spacial score (nSPS) is 16.8. The zero-order chi connectivity index (χ0) is 7.94. The van der Waals surface area contributed by atoms with E-state index in [0.29, 0.717) is 0 Å². The topological polar surface area (TPSA) is 0 Å². The minimum atomic E-state index is 0. The van der Waals surface area contributed by atoms with E-state index in [1.54, 1.807) is 0 Å². The molecule has 1 aliphatic carbocycles. The van der Waals surface area contributed by atoms with Gasteiger partial charge in [-0.15, -0.1) is 19.3 Å². The molecule has 0 aliphatic heterocycles. The second-order valence-corrected chi connectivity index (χ2v) is 3.62. The molecule has 0 amide bonds. The number of allylic oxidation sites excluding steroid dienone is 4. The van der Waals surface area contributed by atoms with Gasteiger partial charge in [-0.2, -0.15) is 11.1 Å². The second kappa shape index (κ2) is 7.73. The molecule has 14 heavy (non-hydrogen) atoms. The molecule has 81 valence electrons. The van der Waals surface area contributed by atoms with Gasteiger partial charge in [-0.1, -0.05) is 33.1 Å². The van der Waals surface area contributed by atoms with Crippen LogP contribution in [0.1, 0.15) is 34.6 Å². The van der Waals surface area contributed by atoms with Gasteiger partial charge in [0.15, 0.2) is 0 Å². The van der Waals surface area contributed by atoms with Crippen LogP contribution in [0.3, 0.4) is 0 Å². The van der Waals surface area contributed by atoms with Crippen molar-refractivity contribution in [2.75, 3.05) is 0 Å². The minimum absolute atomic E-state index is 0. The largest absolute Gasteiger partial charge is 3.00 e. The molecule has 0 fully saturated rings. The standard InChI is InChI=1S/C10H15.2CH3.ClH.Ti/c1-7-6-10(4,5)9(3)8(7)2;;;;/h1-5H3;2*1H3;1H;/q3*-1;;+3. The maximum absolute atomic E-state index is 3.44. The van der Waals surface area contributed by atoms with E-state index in [1.807, 2.05) is 0 Å². The van der Waals surface area contributed by atoms with E-state index in [2.05, 4.69) is 40.7 Å². The first-order valence-electron chi connectivity index (χ1n) is 3.75. The molecule has 0 saturated carbocycles. The molecule has 1 radical (unpaired) electrons. The Labute approximate surface area is 112 Å². The van der Waals surface area contributed by atoms with E-state index >= 15 is 0 Å². The second-order valence-electron chi connectivity index (χ2n) is 3.62. The first kappa shape index (κ1) is 24.0. The summed E-state index contributed by atoms with van der Waals surface area (Å²) < 4.78 is 0. The van der Waals surface area contributed by atoms with Gasteiger partial charge < -0.3 is 14.9 Å². The van der Waals surface area contributed by atoms with E-state index in [1.165, 1.54) is 16.7 Å². The summed E-state index contributed by atoms with van der Waals surface area (Å²) in [6, 6.07) is 0. The van der Waals surface area contributed by atoms with Crippen LogP contribution in [0.2, 0.25) is 0 Å². The van der Waals surface area contributed by atoms with E-state index in [4.69, 9.17) is 0 Å². The Hall–Kier alpha value is 0.484. The molecule has 0 spiro atoms. The molecular weight excluding hydrogens is 227 g/mol. The average Bonchev–Trinajstić information content (AvgIpc) is 1.95. The van der Waals surface area contributed by atoms with Crippen molar-refractivity contribution in [3.63, 3.8) is 0 Å². The Kier molecular flexibility index (Phi) is 13.2. The maximum atomic E-state index is 3.44. The quantitative estimate of drug-likeness (QED) is 0.440. The summed E-state index contributed by atoms with van der Waals surface area (Å²) >= 11 is 0. The van der Waals surface area contributed by atoms with Gasteiger partial charge in [-0.25, -0.2) is 5.57 Å². The molecule has 1 aliphatic rings. The Morgan fingerprint density at radius 1 is 1.00 bits per heavy atom. The molecule has 1 rings (SSSR count). The molecule has 0 aromatic carbocycles. The predicted molar refractivity (Wildman–Crippen MR) is 64.7 cm³/mol. The van der Waals surface area contributed by atoms with Crippen molar-refractivity contribution < 1.29 is 21.7 Å². The van der Waals surface area contributed by atoms with Gasteiger partial charge in [0.05, 0.1) is 0 Å². The van der Waals surface area contributed by atoms with Gasteiger partial charge in [0.2, 0.25) is 0 Å². The van der Waals surface area contributed by atoms with Crippen LogP contribution in [-0.4, -0.2) is 0 Å². The van der Waals surface area contributed by atoms with Crippen molar-refractivity contribution in [1.82, 2.24) is 0 Å². The molecule has 2 heteroatoms. The summed E-state index contributed by atoms with van der Waals surface area (Å²) in [5.41, 5.74) is 4.39. The van der Waals surface area contributed by atoms with Crippen molar-refractivity contribution in [2.45, 2.75) is 34.6 Å². The van der Waals surface area contributed by atoms with E-state index < -0.39 is 0 Å². The van der Waals surface area contributed by atoms with E-state index in [-0.39, 0.29) is 54.4 Å². The Bertz CT molecular complexity index is 224. The van der Waals surface area contributed by atoms with Crippen LogP contribution in [0.4, 0.5) is 0 Å².